The van der Waals surface area contributed by atoms with Crippen LogP contribution in [0.5, 0.6) is 0 Å². The summed E-state index contributed by atoms with van der Waals surface area (Å²) in [4.78, 5) is 29.7. The number of hydrogen-bond acceptors (Lipinski definition) is 4. The highest BCUT2D eigenvalue weighted by Gasteiger charge is 2.34. The van der Waals surface area contributed by atoms with Gasteiger partial charge in [0.1, 0.15) is 12.6 Å². The molecule has 1 aliphatic rings. The SMILES string of the molecule is Cc1cccc(CN(C(=O)CN(c2cc(Cl)cc(Cl)c2)S(C)(=O)=O)[C@@H](Cc2ccccc2)C(=O)NC2CCCCC2)c1. The first-order valence-electron chi connectivity index (χ1n) is 14.1. The second-order valence-electron chi connectivity index (χ2n) is 11.0. The number of aryl methyl sites for hydroxylation is 1. The number of benzene rings is 3. The Balaban J connectivity index is 1.73. The maximum absolute atomic E-state index is 14.2. The number of amides is 2. The Labute approximate surface area is 258 Å². The topological polar surface area (TPSA) is 86.8 Å². The number of anilines is 1. The molecule has 42 heavy (non-hydrogen) atoms. The first kappa shape index (κ1) is 31.9. The molecule has 1 atom stereocenters. The molecule has 0 heterocycles. The number of nitrogens with zero attached hydrogens (tertiary/aromatic N) is 2. The summed E-state index contributed by atoms with van der Waals surface area (Å²) in [5.41, 5.74) is 2.91. The highest BCUT2D eigenvalue weighted by molar-refractivity contribution is 7.92. The van der Waals surface area contributed by atoms with Crippen molar-refractivity contribution >= 4 is 50.7 Å². The normalized spacial score (nSPS) is 14.7. The van der Waals surface area contributed by atoms with Crippen LogP contribution in [-0.2, 0) is 32.6 Å². The van der Waals surface area contributed by atoms with Gasteiger partial charge in [-0.25, -0.2) is 8.42 Å². The van der Waals surface area contributed by atoms with Gasteiger partial charge in [0.2, 0.25) is 21.8 Å². The maximum atomic E-state index is 14.2. The van der Waals surface area contributed by atoms with Crippen LogP contribution < -0.4 is 9.62 Å². The number of carbonyl (C=O) groups excluding carboxylic acids is 2. The van der Waals surface area contributed by atoms with Crippen LogP contribution in [0.25, 0.3) is 0 Å². The molecule has 0 bridgehead atoms. The van der Waals surface area contributed by atoms with Crippen molar-refractivity contribution in [2.75, 3.05) is 17.1 Å². The third-order valence-corrected chi connectivity index (χ3v) is 9.05. The Morgan fingerprint density at radius 3 is 2.17 bits per heavy atom. The second kappa shape index (κ2) is 14.4. The van der Waals surface area contributed by atoms with E-state index in [0.29, 0.717) is 0 Å². The zero-order chi connectivity index (χ0) is 30.3. The van der Waals surface area contributed by atoms with Crippen molar-refractivity contribution in [3.8, 4) is 0 Å². The summed E-state index contributed by atoms with van der Waals surface area (Å²) in [7, 11) is -3.92. The zero-order valence-electron chi connectivity index (χ0n) is 23.9. The molecule has 3 aromatic rings. The average Bonchev–Trinajstić information content (AvgIpc) is 2.93. The molecule has 0 aliphatic heterocycles. The summed E-state index contributed by atoms with van der Waals surface area (Å²) >= 11 is 12.4. The molecule has 0 radical (unpaired) electrons. The van der Waals surface area contributed by atoms with E-state index in [-0.39, 0.29) is 40.6 Å². The van der Waals surface area contributed by atoms with Crippen LogP contribution in [0, 0.1) is 6.92 Å². The van der Waals surface area contributed by atoms with E-state index in [4.69, 9.17) is 23.2 Å². The van der Waals surface area contributed by atoms with Crippen molar-refractivity contribution < 1.29 is 18.0 Å². The maximum Gasteiger partial charge on any atom is 0.244 e. The Bertz CT molecular complexity index is 1470. The van der Waals surface area contributed by atoms with Gasteiger partial charge in [-0.2, -0.15) is 0 Å². The molecule has 2 amide bonds. The van der Waals surface area contributed by atoms with Gasteiger partial charge in [0.05, 0.1) is 11.9 Å². The lowest BCUT2D eigenvalue weighted by Crippen LogP contribution is -2.55. The summed E-state index contributed by atoms with van der Waals surface area (Å²) in [5, 5.41) is 3.68. The average molecular weight is 631 g/mol. The lowest BCUT2D eigenvalue weighted by Gasteiger charge is -2.35. The van der Waals surface area contributed by atoms with Gasteiger partial charge in [-0.05, 0) is 49.1 Å². The quantitative estimate of drug-likeness (QED) is 0.275. The van der Waals surface area contributed by atoms with E-state index in [0.717, 1.165) is 59.4 Å². The molecule has 0 spiro atoms. The van der Waals surface area contributed by atoms with Gasteiger partial charge in [0.15, 0.2) is 0 Å². The molecule has 10 heteroatoms. The van der Waals surface area contributed by atoms with Crippen LogP contribution in [0.3, 0.4) is 0 Å². The summed E-state index contributed by atoms with van der Waals surface area (Å²) in [6, 6.07) is 20.8. The largest absolute Gasteiger partial charge is 0.352 e. The Morgan fingerprint density at radius 2 is 1.55 bits per heavy atom. The monoisotopic (exact) mass is 629 g/mol. The smallest absolute Gasteiger partial charge is 0.244 e. The molecule has 7 nitrogen and oxygen atoms in total. The van der Waals surface area contributed by atoms with Crippen LogP contribution >= 0.6 is 23.2 Å². The van der Waals surface area contributed by atoms with Crippen molar-refractivity contribution in [1.29, 1.82) is 0 Å². The van der Waals surface area contributed by atoms with E-state index in [9.17, 15) is 18.0 Å². The fraction of sp³-hybridized carbons (Fsp3) is 0.375. The van der Waals surface area contributed by atoms with Crippen molar-refractivity contribution in [2.24, 2.45) is 0 Å². The molecule has 0 unspecified atom stereocenters. The Kier molecular flexibility index (Phi) is 10.9. The van der Waals surface area contributed by atoms with Gasteiger partial charge < -0.3 is 10.2 Å². The van der Waals surface area contributed by atoms with Crippen molar-refractivity contribution in [2.45, 2.75) is 64.1 Å². The van der Waals surface area contributed by atoms with Crippen LogP contribution in [-0.4, -0.2) is 50.0 Å². The highest BCUT2D eigenvalue weighted by atomic mass is 35.5. The highest BCUT2D eigenvalue weighted by Crippen LogP contribution is 2.28. The van der Waals surface area contributed by atoms with Crippen molar-refractivity contribution in [3.63, 3.8) is 0 Å². The number of sulfonamides is 1. The van der Waals surface area contributed by atoms with Crippen LogP contribution in [0.15, 0.2) is 72.8 Å². The van der Waals surface area contributed by atoms with Crippen LogP contribution in [0.4, 0.5) is 5.69 Å². The van der Waals surface area contributed by atoms with E-state index in [1.165, 1.54) is 23.1 Å². The predicted octanol–water partition coefficient (Wildman–Crippen LogP) is 6.16. The van der Waals surface area contributed by atoms with E-state index in [2.05, 4.69) is 5.32 Å². The van der Waals surface area contributed by atoms with Gasteiger partial charge in [0.25, 0.3) is 0 Å². The first-order chi connectivity index (χ1) is 20.0. The number of halogens is 2. The van der Waals surface area contributed by atoms with Gasteiger partial charge in [-0.3, -0.25) is 13.9 Å². The third-order valence-electron chi connectivity index (χ3n) is 7.47. The first-order valence-corrected chi connectivity index (χ1v) is 16.7. The van der Waals surface area contributed by atoms with E-state index in [1.54, 1.807) is 0 Å². The lowest BCUT2D eigenvalue weighted by molar-refractivity contribution is -0.140. The Morgan fingerprint density at radius 1 is 0.905 bits per heavy atom. The van der Waals surface area contributed by atoms with Gasteiger partial charge in [-0.1, -0.05) is 103 Å². The molecular weight excluding hydrogens is 593 g/mol. The number of rotatable bonds is 11. The van der Waals surface area contributed by atoms with Crippen LogP contribution in [0.1, 0.15) is 48.8 Å². The molecule has 1 fully saturated rings. The molecule has 0 saturated heterocycles. The molecule has 3 aromatic carbocycles. The van der Waals surface area contributed by atoms with Gasteiger partial charge in [0, 0.05) is 29.1 Å². The molecule has 224 valence electrons. The fourth-order valence-corrected chi connectivity index (χ4v) is 6.75. The van der Waals surface area contributed by atoms with E-state index in [1.807, 2.05) is 61.5 Å². The van der Waals surface area contributed by atoms with E-state index < -0.39 is 28.5 Å². The number of hydrogen-bond donors (Lipinski definition) is 1. The summed E-state index contributed by atoms with van der Waals surface area (Å²) in [5.74, 6) is -0.763. The van der Waals surface area contributed by atoms with Gasteiger partial charge >= 0.3 is 0 Å². The molecular formula is C32H37Cl2N3O4S. The van der Waals surface area contributed by atoms with Crippen molar-refractivity contribution in [1.82, 2.24) is 10.2 Å². The summed E-state index contributed by atoms with van der Waals surface area (Å²) in [6.45, 7) is 1.56. The van der Waals surface area contributed by atoms with Crippen molar-refractivity contribution in [3.05, 3.63) is 99.5 Å². The minimum absolute atomic E-state index is 0.0431. The van der Waals surface area contributed by atoms with Crippen LogP contribution in [0.2, 0.25) is 10.0 Å². The fourth-order valence-electron chi connectivity index (χ4n) is 5.40. The molecule has 4 rings (SSSR count). The summed E-state index contributed by atoms with van der Waals surface area (Å²) in [6.07, 6.45) is 6.33. The predicted molar refractivity (Wildman–Crippen MR) is 169 cm³/mol. The summed E-state index contributed by atoms with van der Waals surface area (Å²) < 4.78 is 26.9. The molecule has 1 N–H and O–H groups in total. The number of nitrogens with one attached hydrogen (secondary N) is 1. The standard InChI is InChI=1S/C32H37Cl2N3O4S/c1-23-10-9-13-25(16-23)21-36(31(38)22-37(42(2,40)41)29-19-26(33)18-27(34)20-29)30(17-24-11-5-3-6-12-24)32(39)35-28-14-7-4-8-15-28/h3,5-6,9-13,16,18-20,28,30H,4,7-8,14-15,17,21-22H2,1-2H3,(H,35,39)/t30-/m0/s1. The minimum Gasteiger partial charge on any atom is -0.352 e. The molecule has 1 saturated carbocycles. The van der Waals surface area contributed by atoms with Gasteiger partial charge in [-0.15, -0.1) is 0 Å². The Hall–Kier alpha value is -3.07. The minimum atomic E-state index is -3.92. The van der Waals surface area contributed by atoms with E-state index >= 15 is 0 Å². The second-order valence-corrected chi connectivity index (χ2v) is 13.7. The third kappa shape index (κ3) is 8.96. The molecule has 1 aliphatic carbocycles. The number of carbonyl (C=O) groups is 2. The lowest BCUT2D eigenvalue weighted by atomic mass is 9.94. The molecule has 0 aromatic heterocycles. The zero-order valence-corrected chi connectivity index (χ0v) is 26.3.